The Morgan fingerprint density at radius 2 is 2.13 bits per heavy atom. The predicted molar refractivity (Wildman–Crippen MR) is 65.4 cm³/mol. The summed E-state index contributed by atoms with van der Waals surface area (Å²) in [7, 11) is 0. The average molecular weight is 218 g/mol. The third-order valence-electron chi connectivity index (χ3n) is 2.48. The number of fused-ring (bicyclic) bond motifs is 1. The van der Waals surface area contributed by atoms with E-state index in [9.17, 15) is 0 Å². The molecule has 0 radical (unpaired) electrons. The molecular formula is C13H12ClN. The molecular weight excluding hydrogens is 206 g/mol. The summed E-state index contributed by atoms with van der Waals surface area (Å²) in [4.78, 5) is 4.52. The molecule has 15 heavy (non-hydrogen) atoms. The Hall–Kier alpha value is -1.34. The van der Waals surface area contributed by atoms with E-state index < -0.39 is 0 Å². The van der Waals surface area contributed by atoms with E-state index in [0.717, 1.165) is 33.6 Å². The number of hydrogen-bond donors (Lipinski definition) is 0. The summed E-state index contributed by atoms with van der Waals surface area (Å²) in [6.45, 7) is 5.72. The quantitative estimate of drug-likeness (QED) is 0.695. The van der Waals surface area contributed by atoms with Crippen molar-refractivity contribution in [1.29, 1.82) is 0 Å². The Balaban J connectivity index is 2.77. The minimum absolute atomic E-state index is 0.766. The van der Waals surface area contributed by atoms with E-state index in [1.54, 1.807) is 0 Å². The highest BCUT2D eigenvalue weighted by Crippen LogP contribution is 2.28. The van der Waals surface area contributed by atoms with Crippen molar-refractivity contribution in [2.45, 2.75) is 13.3 Å². The van der Waals surface area contributed by atoms with Gasteiger partial charge in [-0.15, -0.1) is 6.58 Å². The van der Waals surface area contributed by atoms with Crippen molar-refractivity contribution in [2.24, 2.45) is 0 Å². The zero-order chi connectivity index (χ0) is 10.8. The van der Waals surface area contributed by atoms with Gasteiger partial charge in [-0.1, -0.05) is 35.9 Å². The molecule has 2 aromatic rings. The summed E-state index contributed by atoms with van der Waals surface area (Å²) in [5.74, 6) is 0. The normalized spacial score (nSPS) is 10.5. The molecule has 0 amide bonds. The van der Waals surface area contributed by atoms with Gasteiger partial charge in [-0.3, -0.25) is 4.98 Å². The van der Waals surface area contributed by atoms with Crippen molar-refractivity contribution in [2.75, 3.05) is 0 Å². The molecule has 2 rings (SSSR count). The van der Waals surface area contributed by atoms with Gasteiger partial charge < -0.3 is 0 Å². The molecule has 0 saturated carbocycles. The number of aromatic nitrogens is 1. The molecule has 0 bridgehead atoms. The number of halogens is 1. The fraction of sp³-hybridized carbons (Fsp3) is 0.154. The van der Waals surface area contributed by atoms with Crippen LogP contribution in [0.3, 0.4) is 0 Å². The van der Waals surface area contributed by atoms with Gasteiger partial charge in [-0.25, -0.2) is 0 Å². The third-order valence-corrected chi connectivity index (χ3v) is 2.91. The number of pyridine rings is 1. The molecule has 0 saturated heterocycles. The van der Waals surface area contributed by atoms with Crippen LogP contribution in [0.1, 0.15) is 11.3 Å². The summed E-state index contributed by atoms with van der Waals surface area (Å²) in [5, 5.41) is 1.82. The van der Waals surface area contributed by atoms with E-state index >= 15 is 0 Å². The second-order valence-corrected chi connectivity index (χ2v) is 3.88. The van der Waals surface area contributed by atoms with Crippen LogP contribution in [-0.2, 0) is 6.42 Å². The number of para-hydroxylation sites is 1. The van der Waals surface area contributed by atoms with E-state index in [1.165, 1.54) is 0 Å². The third kappa shape index (κ3) is 1.75. The Morgan fingerprint density at radius 3 is 2.87 bits per heavy atom. The van der Waals surface area contributed by atoms with Crippen molar-refractivity contribution in [3.63, 3.8) is 0 Å². The molecule has 76 valence electrons. The van der Waals surface area contributed by atoms with Gasteiger partial charge >= 0.3 is 0 Å². The first kappa shape index (κ1) is 10.2. The van der Waals surface area contributed by atoms with E-state index in [2.05, 4.69) is 11.6 Å². The van der Waals surface area contributed by atoms with Gasteiger partial charge in [0.1, 0.15) is 0 Å². The zero-order valence-electron chi connectivity index (χ0n) is 8.63. The Kier molecular flexibility index (Phi) is 2.74. The van der Waals surface area contributed by atoms with E-state index in [4.69, 9.17) is 11.6 Å². The maximum atomic E-state index is 6.34. The van der Waals surface area contributed by atoms with Gasteiger partial charge in [0.05, 0.1) is 10.5 Å². The lowest BCUT2D eigenvalue weighted by atomic mass is 10.1. The van der Waals surface area contributed by atoms with Crippen LogP contribution in [0.15, 0.2) is 36.9 Å². The highest BCUT2D eigenvalue weighted by molar-refractivity contribution is 6.36. The van der Waals surface area contributed by atoms with Gasteiger partial charge in [0.15, 0.2) is 0 Å². The van der Waals surface area contributed by atoms with E-state index in [0.29, 0.717) is 0 Å². The highest BCUT2D eigenvalue weighted by atomic mass is 35.5. The molecule has 0 spiro atoms. The van der Waals surface area contributed by atoms with Crippen molar-refractivity contribution in [3.05, 3.63) is 53.2 Å². The smallest absolute Gasteiger partial charge is 0.0720 e. The van der Waals surface area contributed by atoms with Crippen molar-refractivity contribution < 1.29 is 0 Å². The van der Waals surface area contributed by atoms with Gasteiger partial charge in [0.2, 0.25) is 0 Å². The fourth-order valence-electron chi connectivity index (χ4n) is 1.71. The van der Waals surface area contributed by atoms with E-state index in [1.807, 2.05) is 37.3 Å². The monoisotopic (exact) mass is 217 g/mol. The number of benzene rings is 1. The van der Waals surface area contributed by atoms with Crippen LogP contribution < -0.4 is 0 Å². The molecule has 0 aliphatic heterocycles. The summed E-state index contributed by atoms with van der Waals surface area (Å²) in [6, 6.07) is 7.92. The SMILES string of the molecule is C=CCc1c(C)nc2ccccc2c1Cl. The summed E-state index contributed by atoms with van der Waals surface area (Å²) >= 11 is 6.34. The van der Waals surface area contributed by atoms with Crippen LogP contribution >= 0.6 is 11.6 Å². The van der Waals surface area contributed by atoms with Crippen LogP contribution in [-0.4, -0.2) is 4.98 Å². The first-order valence-electron chi connectivity index (χ1n) is 4.88. The standard InChI is InChI=1S/C13H12ClN/c1-3-6-10-9(2)15-12-8-5-4-7-11(12)13(10)14/h3-5,7-8H,1,6H2,2H3. The molecule has 0 N–H and O–H groups in total. The molecule has 0 atom stereocenters. The lowest BCUT2D eigenvalue weighted by Crippen LogP contribution is -1.94. The molecule has 1 aromatic heterocycles. The maximum absolute atomic E-state index is 6.34. The lowest BCUT2D eigenvalue weighted by Gasteiger charge is -2.08. The molecule has 0 unspecified atom stereocenters. The largest absolute Gasteiger partial charge is 0.253 e. The molecule has 0 aliphatic carbocycles. The number of allylic oxidation sites excluding steroid dienone is 1. The number of rotatable bonds is 2. The number of nitrogens with zero attached hydrogens (tertiary/aromatic N) is 1. The molecule has 1 heterocycles. The minimum Gasteiger partial charge on any atom is -0.253 e. The summed E-state index contributed by atoms with van der Waals surface area (Å²) in [6.07, 6.45) is 2.62. The molecule has 1 aromatic carbocycles. The van der Waals surface area contributed by atoms with Gasteiger partial charge in [-0.2, -0.15) is 0 Å². The Morgan fingerprint density at radius 1 is 1.40 bits per heavy atom. The number of hydrogen-bond acceptors (Lipinski definition) is 1. The van der Waals surface area contributed by atoms with Crippen LogP contribution in [0.4, 0.5) is 0 Å². The van der Waals surface area contributed by atoms with Crippen molar-refractivity contribution in [3.8, 4) is 0 Å². The minimum atomic E-state index is 0.766. The Labute approximate surface area is 94.4 Å². The van der Waals surface area contributed by atoms with Crippen LogP contribution in [0.5, 0.6) is 0 Å². The van der Waals surface area contributed by atoms with Crippen molar-refractivity contribution in [1.82, 2.24) is 4.98 Å². The Bertz CT molecular complexity index is 517. The second kappa shape index (κ2) is 4.03. The van der Waals surface area contributed by atoms with Crippen LogP contribution in [0.25, 0.3) is 10.9 Å². The molecule has 2 heteroatoms. The van der Waals surface area contributed by atoms with Crippen LogP contribution in [0, 0.1) is 6.92 Å². The van der Waals surface area contributed by atoms with Crippen LogP contribution in [0.2, 0.25) is 5.02 Å². The highest BCUT2D eigenvalue weighted by Gasteiger charge is 2.08. The fourth-order valence-corrected chi connectivity index (χ4v) is 2.08. The number of aryl methyl sites for hydroxylation is 1. The van der Waals surface area contributed by atoms with Gasteiger partial charge in [0, 0.05) is 11.1 Å². The average Bonchev–Trinajstić information content (AvgIpc) is 2.24. The second-order valence-electron chi connectivity index (χ2n) is 3.50. The molecule has 0 aliphatic rings. The molecule has 0 fully saturated rings. The predicted octanol–water partition coefficient (Wildman–Crippen LogP) is 3.93. The summed E-state index contributed by atoms with van der Waals surface area (Å²) < 4.78 is 0. The maximum Gasteiger partial charge on any atom is 0.0720 e. The topological polar surface area (TPSA) is 12.9 Å². The van der Waals surface area contributed by atoms with E-state index in [-0.39, 0.29) is 0 Å². The lowest BCUT2D eigenvalue weighted by molar-refractivity contribution is 1.14. The first-order valence-corrected chi connectivity index (χ1v) is 5.26. The van der Waals surface area contributed by atoms with Gasteiger partial charge in [-0.05, 0) is 25.0 Å². The zero-order valence-corrected chi connectivity index (χ0v) is 9.38. The molecule has 1 nitrogen and oxygen atoms in total. The first-order chi connectivity index (χ1) is 7.24. The van der Waals surface area contributed by atoms with Gasteiger partial charge in [0.25, 0.3) is 0 Å². The summed E-state index contributed by atoms with van der Waals surface area (Å²) in [5.41, 5.74) is 3.01. The van der Waals surface area contributed by atoms with Crippen molar-refractivity contribution >= 4 is 22.5 Å².